The lowest BCUT2D eigenvalue weighted by molar-refractivity contribution is 1.25. The Morgan fingerprint density at radius 1 is 1.55 bits per heavy atom. The van der Waals surface area contributed by atoms with E-state index >= 15 is 0 Å². The number of halogens is 2. The van der Waals surface area contributed by atoms with Gasteiger partial charge < -0.3 is 0 Å². The van der Waals surface area contributed by atoms with Crippen molar-refractivity contribution in [1.29, 1.82) is 5.26 Å². The van der Waals surface area contributed by atoms with E-state index in [9.17, 15) is 0 Å². The second-order valence-corrected chi connectivity index (χ2v) is 2.77. The van der Waals surface area contributed by atoms with Gasteiger partial charge in [-0.05, 0) is 12.5 Å². The summed E-state index contributed by atoms with van der Waals surface area (Å²) < 4.78 is 0. The maximum atomic E-state index is 8.59. The average molecular weight is 187 g/mol. The Bertz CT molecular complexity index is 328. The molecule has 0 unspecified atom stereocenters. The molecule has 0 aromatic carbocycles. The molecule has 1 aromatic heterocycles. The summed E-state index contributed by atoms with van der Waals surface area (Å²) in [4.78, 5) is 3.72. The van der Waals surface area contributed by atoms with Gasteiger partial charge in [-0.3, -0.25) is 0 Å². The van der Waals surface area contributed by atoms with Gasteiger partial charge in [-0.1, -0.05) is 23.2 Å². The number of pyridine rings is 1. The summed E-state index contributed by atoms with van der Waals surface area (Å²) in [6.07, 6.45) is 1.43. The molecule has 0 bridgehead atoms. The zero-order valence-corrected chi connectivity index (χ0v) is 7.24. The minimum atomic E-state index is 0.203. The van der Waals surface area contributed by atoms with Crippen molar-refractivity contribution in [1.82, 2.24) is 4.98 Å². The minimum Gasteiger partial charge on any atom is -0.242 e. The van der Waals surface area contributed by atoms with Crippen LogP contribution in [0, 0.1) is 18.3 Å². The van der Waals surface area contributed by atoms with Crippen molar-refractivity contribution < 1.29 is 0 Å². The number of nitriles is 1. The quantitative estimate of drug-likeness (QED) is 0.585. The molecular formula is C7H4Cl2N2. The standard InChI is InChI=1S/C7H4Cl2N2/c1-4-5(2-10)7(9)11-3-6(4)8/h3H,1H3. The predicted octanol–water partition coefficient (Wildman–Crippen LogP) is 2.57. The summed E-state index contributed by atoms with van der Waals surface area (Å²) in [5, 5.41) is 9.26. The van der Waals surface area contributed by atoms with Gasteiger partial charge in [-0.15, -0.1) is 0 Å². The number of nitrogens with zero attached hydrogens (tertiary/aromatic N) is 2. The first-order chi connectivity index (χ1) is 5.16. The highest BCUT2D eigenvalue weighted by Gasteiger charge is 2.06. The topological polar surface area (TPSA) is 36.7 Å². The highest BCUT2D eigenvalue weighted by Crippen LogP contribution is 2.22. The first kappa shape index (κ1) is 8.32. The third-order valence-electron chi connectivity index (χ3n) is 1.34. The van der Waals surface area contributed by atoms with E-state index in [1.165, 1.54) is 6.20 Å². The van der Waals surface area contributed by atoms with E-state index in [0.717, 1.165) is 0 Å². The normalized spacial score (nSPS) is 9.27. The monoisotopic (exact) mass is 186 g/mol. The van der Waals surface area contributed by atoms with Crippen molar-refractivity contribution in [3.05, 3.63) is 27.5 Å². The van der Waals surface area contributed by atoms with Gasteiger partial charge in [0.1, 0.15) is 11.2 Å². The molecule has 0 aliphatic heterocycles. The first-order valence-electron chi connectivity index (χ1n) is 2.87. The molecule has 0 atom stereocenters. The van der Waals surface area contributed by atoms with Gasteiger partial charge in [0, 0.05) is 6.20 Å². The van der Waals surface area contributed by atoms with Crippen LogP contribution in [-0.2, 0) is 0 Å². The highest BCUT2D eigenvalue weighted by molar-refractivity contribution is 6.33. The van der Waals surface area contributed by atoms with Crippen LogP contribution in [0.25, 0.3) is 0 Å². The molecule has 0 radical (unpaired) electrons. The molecule has 0 amide bonds. The summed E-state index contributed by atoms with van der Waals surface area (Å²) in [6, 6.07) is 1.93. The van der Waals surface area contributed by atoms with Crippen LogP contribution in [0.5, 0.6) is 0 Å². The van der Waals surface area contributed by atoms with E-state index in [0.29, 0.717) is 16.1 Å². The summed E-state index contributed by atoms with van der Waals surface area (Å²) in [5.41, 5.74) is 1.02. The molecule has 0 fully saturated rings. The van der Waals surface area contributed by atoms with Gasteiger partial charge in [0.2, 0.25) is 0 Å². The van der Waals surface area contributed by atoms with E-state index in [1.54, 1.807) is 6.92 Å². The van der Waals surface area contributed by atoms with Crippen molar-refractivity contribution in [2.24, 2.45) is 0 Å². The number of hydrogen-bond donors (Lipinski definition) is 0. The minimum absolute atomic E-state index is 0.203. The Labute approximate surface area is 74.4 Å². The predicted molar refractivity (Wildman–Crippen MR) is 43.7 cm³/mol. The molecule has 56 valence electrons. The summed E-state index contributed by atoms with van der Waals surface area (Å²) >= 11 is 11.3. The van der Waals surface area contributed by atoms with Crippen LogP contribution in [-0.4, -0.2) is 4.98 Å². The molecule has 0 saturated carbocycles. The Morgan fingerprint density at radius 2 is 2.18 bits per heavy atom. The fourth-order valence-corrected chi connectivity index (χ4v) is 1.05. The van der Waals surface area contributed by atoms with Gasteiger partial charge in [-0.2, -0.15) is 5.26 Å². The largest absolute Gasteiger partial charge is 0.242 e. The van der Waals surface area contributed by atoms with Gasteiger partial charge in [0.05, 0.1) is 10.6 Å². The molecule has 0 N–H and O–H groups in total. The molecule has 1 aromatic rings. The zero-order chi connectivity index (χ0) is 8.43. The van der Waals surface area contributed by atoms with Gasteiger partial charge in [-0.25, -0.2) is 4.98 Å². The van der Waals surface area contributed by atoms with E-state index in [-0.39, 0.29) is 5.15 Å². The Morgan fingerprint density at radius 3 is 2.64 bits per heavy atom. The molecule has 0 aliphatic rings. The van der Waals surface area contributed by atoms with E-state index < -0.39 is 0 Å². The number of rotatable bonds is 0. The number of hydrogen-bond acceptors (Lipinski definition) is 2. The first-order valence-corrected chi connectivity index (χ1v) is 3.63. The highest BCUT2D eigenvalue weighted by atomic mass is 35.5. The van der Waals surface area contributed by atoms with Crippen LogP contribution in [0.3, 0.4) is 0 Å². The molecule has 1 heterocycles. The maximum absolute atomic E-state index is 8.59. The SMILES string of the molecule is Cc1c(Cl)cnc(Cl)c1C#N. The van der Waals surface area contributed by atoms with Crippen LogP contribution in [0.15, 0.2) is 6.20 Å². The third kappa shape index (κ3) is 1.45. The lowest BCUT2D eigenvalue weighted by Gasteiger charge is -1.99. The van der Waals surface area contributed by atoms with Crippen molar-refractivity contribution in [3.8, 4) is 6.07 Å². The van der Waals surface area contributed by atoms with E-state index in [2.05, 4.69) is 4.98 Å². The Kier molecular flexibility index (Phi) is 2.33. The maximum Gasteiger partial charge on any atom is 0.147 e. The third-order valence-corrected chi connectivity index (χ3v) is 2.01. The van der Waals surface area contributed by atoms with E-state index in [4.69, 9.17) is 28.5 Å². The van der Waals surface area contributed by atoms with Crippen molar-refractivity contribution in [2.45, 2.75) is 6.92 Å². The summed E-state index contributed by atoms with van der Waals surface area (Å²) in [7, 11) is 0. The van der Waals surface area contributed by atoms with Crippen LogP contribution in [0.1, 0.15) is 11.1 Å². The average Bonchev–Trinajstić information content (AvgIpc) is 1.99. The van der Waals surface area contributed by atoms with Crippen LogP contribution in [0.2, 0.25) is 10.2 Å². The summed E-state index contributed by atoms with van der Waals surface area (Å²) in [5.74, 6) is 0. The Hall–Kier alpha value is -0.780. The van der Waals surface area contributed by atoms with Gasteiger partial charge in [0.15, 0.2) is 0 Å². The Balaban J connectivity index is 3.44. The van der Waals surface area contributed by atoms with Crippen LogP contribution >= 0.6 is 23.2 Å². The zero-order valence-electron chi connectivity index (χ0n) is 5.73. The van der Waals surface area contributed by atoms with Crippen molar-refractivity contribution in [3.63, 3.8) is 0 Å². The summed E-state index contributed by atoms with van der Waals surface area (Å²) in [6.45, 7) is 1.73. The van der Waals surface area contributed by atoms with E-state index in [1.807, 2.05) is 6.07 Å². The molecule has 0 saturated heterocycles. The lowest BCUT2D eigenvalue weighted by atomic mass is 10.2. The number of aromatic nitrogens is 1. The van der Waals surface area contributed by atoms with Gasteiger partial charge >= 0.3 is 0 Å². The second-order valence-electron chi connectivity index (χ2n) is 2.01. The lowest BCUT2D eigenvalue weighted by Crippen LogP contribution is -1.88. The smallest absolute Gasteiger partial charge is 0.147 e. The molecule has 0 spiro atoms. The second kappa shape index (κ2) is 3.08. The molecular weight excluding hydrogens is 183 g/mol. The molecule has 11 heavy (non-hydrogen) atoms. The molecule has 2 nitrogen and oxygen atoms in total. The molecule has 4 heteroatoms. The molecule has 0 aliphatic carbocycles. The molecule has 1 rings (SSSR count). The van der Waals surface area contributed by atoms with Crippen LogP contribution < -0.4 is 0 Å². The van der Waals surface area contributed by atoms with Crippen LogP contribution in [0.4, 0.5) is 0 Å². The van der Waals surface area contributed by atoms with Crippen molar-refractivity contribution >= 4 is 23.2 Å². The van der Waals surface area contributed by atoms with Gasteiger partial charge in [0.25, 0.3) is 0 Å². The van der Waals surface area contributed by atoms with Crippen molar-refractivity contribution in [2.75, 3.05) is 0 Å². The fourth-order valence-electron chi connectivity index (χ4n) is 0.679. The fraction of sp³-hybridized carbons (Fsp3) is 0.143.